The number of hydrogen-bond donors (Lipinski definition) is 2. The van der Waals surface area contributed by atoms with Gasteiger partial charge in [0.25, 0.3) is 0 Å². The maximum absolute atomic E-state index is 9.31. The fourth-order valence-corrected chi connectivity index (χ4v) is 5.15. The molecule has 2 heteroatoms. The second kappa shape index (κ2) is 3.46. The standard InChI is InChI=1S/C13H23NO/c1-14-13(2-3-15)11-5-9-4-10(7-11)8-12(13)6-9/h9-12,14-15H,2-8H2,1H3. The maximum atomic E-state index is 9.31. The average molecular weight is 209 g/mol. The molecule has 86 valence electrons. The third kappa shape index (κ3) is 1.31. The zero-order chi connectivity index (χ0) is 10.5. The van der Waals surface area contributed by atoms with E-state index in [2.05, 4.69) is 12.4 Å². The molecule has 0 radical (unpaired) electrons. The smallest absolute Gasteiger partial charge is 0.0448 e. The van der Waals surface area contributed by atoms with Crippen LogP contribution in [0.2, 0.25) is 0 Å². The molecule has 4 aliphatic carbocycles. The minimum atomic E-state index is 0.294. The van der Waals surface area contributed by atoms with Gasteiger partial charge in [-0.1, -0.05) is 0 Å². The molecule has 0 spiro atoms. The van der Waals surface area contributed by atoms with Crippen LogP contribution in [0.15, 0.2) is 0 Å². The summed E-state index contributed by atoms with van der Waals surface area (Å²) in [5.74, 6) is 3.75. The lowest BCUT2D eigenvalue weighted by molar-refractivity contribution is -0.0792. The lowest BCUT2D eigenvalue weighted by Gasteiger charge is -2.61. The van der Waals surface area contributed by atoms with Crippen molar-refractivity contribution in [3.8, 4) is 0 Å². The van der Waals surface area contributed by atoms with Crippen LogP contribution >= 0.6 is 0 Å². The van der Waals surface area contributed by atoms with Crippen LogP contribution in [-0.4, -0.2) is 24.3 Å². The Morgan fingerprint density at radius 2 is 1.60 bits per heavy atom. The van der Waals surface area contributed by atoms with Crippen LogP contribution in [0.3, 0.4) is 0 Å². The number of rotatable bonds is 3. The topological polar surface area (TPSA) is 32.3 Å². The minimum absolute atomic E-state index is 0.294. The monoisotopic (exact) mass is 209 g/mol. The van der Waals surface area contributed by atoms with E-state index in [-0.39, 0.29) is 0 Å². The number of nitrogens with one attached hydrogen (secondary N) is 1. The van der Waals surface area contributed by atoms with Gasteiger partial charge >= 0.3 is 0 Å². The second-order valence-corrected chi connectivity index (χ2v) is 6.07. The van der Waals surface area contributed by atoms with E-state index in [1.54, 1.807) is 0 Å². The van der Waals surface area contributed by atoms with E-state index in [0.29, 0.717) is 12.1 Å². The van der Waals surface area contributed by atoms with Crippen LogP contribution in [-0.2, 0) is 0 Å². The van der Waals surface area contributed by atoms with Gasteiger partial charge in [0.15, 0.2) is 0 Å². The van der Waals surface area contributed by atoms with Crippen molar-refractivity contribution in [1.82, 2.24) is 5.32 Å². The predicted molar refractivity (Wildman–Crippen MR) is 60.5 cm³/mol. The van der Waals surface area contributed by atoms with Gasteiger partial charge in [-0.2, -0.15) is 0 Å². The Kier molecular flexibility index (Phi) is 2.33. The fraction of sp³-hybridized carbons (Fsp3) is 1.00. The summed E-state index contributed by atoms with van der Waals surface area (Å²) in [6, 6.07) is 0. The van der Waals surface area contributed by atoms with E-state index >= 15 is 0 Å². The third-order valence-corrected chi connectivity index (χ3v) is 5.59. The average Bonchev–Trinajstić information content (AvgIpc) is 2.23. The molecule has 4 aliphatic rings. The quantitative estimate of drug-likeness (QED) is 0.742. The van der Waals surface area contributed by atoms with Gasteiger partial charge in [-0.25, -0.2) is 0 Å². The van der Waals surface area contributed by atoms with E-state index in [0.717, 1.165) is 30.1 Å². The Bertz CT molecular complexity index is 223. The first-order valence-corrected chi connectivity index (χ1v) is 6.58. The normalized spacial score (nSPS) is 52.4. The van der Waals surface area contributed by atoms with Crippen LogP contribution in [0, 0.1) is 23.7 Å². The Hall–Kier alpha value is -0.0800. The summed E-state index contributed by atoms with van der Waals surface area (Å²) < 4.78 is 0. The Balaban J connectivity index is 1.89. The molecule has 0 atom stereocenters. The highest BCUT2D eigenvalue weighted by Crippen LogP contribution is 2.59. The van der Waals surface area contributed by atoms with Crippen molar-refractivity contribution in [1.29, 1.82) is 0 Å². The molecule has 0 aromatic carbocycles. The Morgan fingerprint density at radius 1 is 1.07 bits per heavy atom. The lowest BCUT2D eigenvalue weighted by atomic mass is 9.48. The molecule has 4 bridgehead atoms. The van der Waals surface area contributed by atoms with Gasteiger partial charge in [-0.3, -0.25) is 0 Å². The molecule has 0 unspecified atom stereocenters. The largest absolute Gasteiger partial charge is 0.396 e. The zero-order valence-corrected chi connectivity index (χ0v) is 9.71. The summed E-state index contributed by atoms with van der Waals surface area (Å²) in [7, 11) is 2.11. The van der Waals surface area contributed by atoms with Crippen molar-refractivity contribution >= 4 is 0 Å². The summed E-state index contributed by atoms with van der Waals surface area (Å²) in [5.41, 5.74) is 0.294. The molecule has 4 saturated carbocycles. The second-order valence-electron chi connectivity index (χ2n) is 6.07. The van der Waals surface area contributed by atoms with E-state index in [9.17, 15) is 5.11 Å². The molecular weight excluding hydrogens is 186 g/mol. The van der Waals surface area contributed by atoms with Crippen molar-refractivity contribution in [3.05, 3.63) is 0 Å². The molecule has 15 heavy (non-hydrogen) atoms. The van der Waals surface area contributed by atoms with Crippen LogP contribution in [0.1, 0.15) is 38.5 Å². The first kappa shape index (κ1) is 10.1. The third-order valence-electron chi connectivity index (χ3n) is 5.59. The zero-order valence-electron chi connectivity index (χ0n) is 9.71. The summed E-state index contributed by atoms with van der Waals surface area (Å²) >= 11 is 0. The highest BCUT2D eigenvalue weighted by atomic mass is 16.3. The summed E-state index contributed by atoms with van der Waals surface area (Å²) in [6.45, 7) is 0.350. The predicted octanol–water partition coefficient (Wildman–Crippen LogP) is 1.78. The van der Waals surface area contributed by atoms with E-state index < -0.39 is 0 Å². The lowest BCUT2D eigenvalue weighted by Crippen LogP contribution is -2.64. The molecule has 0 saturated heterocycles. The fourth-order valence-electron chi connectivity index (χ4n) is 5.15. The molecule has 0 aromatic rings. The van der Waals surface area contributed by atoms with E-state index in [4.69, 9.17) is 0 Å². The molecule has 0 heterocycles. The Labute approximate surface area is 92.4 Å². The van der Waals surface area contributed by atoms with Gasteiger partial charge < -0.3 is 10.4 Å². The SMILES string of the molecule is CNC1(CCO)C2CC3CC(C2)CC1C3. The van der Waals surface area contributed by atoms with Crippen LogP contribution < -0.4 is 5.32 Å². The van der Waals surface area contributed by atoms with Gasteiger partial charge in [-0.05, 0) is 69.2 Å². The first-order valence-electron chi connectivity index (χ1n) is 6.58. The molecule has 0 aliphatic heterocycles. The van der Waals surface area contributed by atoms with E-state index in [1.807, 2.05) is 0 Å². The summed E-state index contributed by atoms with van der Waals surface area (Å²) in [4.78, 5) is 0. The van der Waals surface area contributed by atoms with Crippen molar-refractivity contribution in [2.24, 2.45) is 23.7 Å². The number of aliphatic hydroxyl groups is 1. The summed E-state index contributed by atoms with van der Waals surface area (Å²) in [5, 5.41) is 12.9. The van der Waals surface area contributed by atoms with Gasteiger partial charge in [0, 0.05) is 12.1 Å². The summed E-state index contributed by atoms with van der Waals surface area (Å²) in [6.07, 6.45) is 8.17. The van der Waals surface area contributed by atoms with Gasteiger partial charge in [-0.15, -0.1) is 0 Å². The molecule has 4 rings (SSSR count). The van der Waals surface area contributed by atoms with Crippen molar-refractivity contribution in [3.63, 3.8) is 0 Å². The molecule has 0 aromatic heterocycles. The molecule has 2 nitrogen and oxygen atoms in total. The van der Waals surface area contributed by atoms with Crippen LogP contribution in [0.5, 0.6) is 0 Å². The molecule has 0 amide bonds. The van der Waals surface area contributed by atoms with Gasteiger partial charge in [0.2, 0.25) is 0 Å². The maximum Gasteiger partial charge on any atom is 0.0448 e. The first-order chi connectivity index (χ1) is 7.28. The van der Waals surface area contributed by atoms with Crippen LogP contribution in [0.4, 0.5) is 0 Å². The van der Waals surface area contributed by atoms with Gasteiger partial charge in [0.05, 0.1) is 0 Å². The van der Waals surface area contributed by atoms with Gasteiger partial charge in [0.1, 0.15) is 0 Å². The minimum Gasteiger partial charge on any atom is -0.396 e. The number of hydrogen-bond acceptors (Lipinski definition) is 2. The molecular formula is C13H23NO. The molecule has 4 fully saturated rings. The number of aliphatic hydroxyl groups excluding tert-OH is 1. The van der Waals surface area contributed by atoms with E-state index in [1.165, 1.54) is 32.1 Å². The van der Waals surface area contributed by atoms with Crippen molar-refractivity contribution in [2.45, 2.75) is 44.1 Å². The highest BCUT2D eigenvalue weighted by molar-refractivity contribution is 5.10. The van der Waals surface area contributed by atoms with Crippen LogP contribution in [0.25, 0.3) is 0 Å². The Morgan fingerprint density at radius 3 is 2.00 bits per heavy atom. The highest BCUT2D eigenvalue weighted by Gasteiger charge is 2.55. The molecule has 2 N–H and O–H groups in total. The van der Waals surface area contributed by atoms with Crippen molar-refractivity contribution < 1.29 is 5.11 Å². The van der Waals surface area contributed by atoms with Crippen molar-refractivity contribution in [2.75, 3.05) is 13.7 Å².